The molecule has 0 spiro atoms. The van der Waals surface area contributed by atoms with Crippen molar-refractivity contribution in [3.8, 4) is 0 Å². The molecule has 1 aliphatic carbocycles. The average Bonchev–Trinajstić information content (AvgIpc) is 3.52. The van der Waals surface area contributed by atoms with Gasteiger partial charge in [-0.1, -0.05) is 33.3 Å². The number of nitrogens with one attached hydrogen (secondary N) is 2. The van der Waals surface area contributed by atoms with E-state index in [-0.39, 0.29) is 11.9 Å². The van der Waals surface area contributed by atoms with Crippen LogP contribution in [0.15, 0.2) is 59.3 Å². The molecule has 194 valence electrons. The van der Waals surface area contributed by atoms with Crippen LogP contribution in [0.5, 0.6) is 0 Å². The van der Waals surface area contributed by atoms with Crippen LogP contribution in [0.3, 0.4) is 0 Å². The molecule has 1 aromatic heterocycles. The SMILES string of the molecule is C=C(/N=C1\C(=C/N)C=C(C(=O)NC)N1C1CCCC1)Nc1ccc(N2CCN(CC(C)C)CC2)cn1. The molecule has 1 saturated carbocycles. The number of anilines is 2. The monoisotopic (exact) mass is 492 g/mol. The molecule has 4 rings (SSSR count). The molecule has 1 aromatic rings. The summed E-state index contributed by atoms with van der Waals surface area (Å²) in [5, 5.41) is 5.94. The summed E-state index contributed by atoms with van der Waals surface area (Å²) in [6.45, 7) is 14.0. The molecule has 3 heterocycles. The van der Waals surface area contributed by atoms with Crippen LogP contribution in [0.1, 0.15) is 39.5 Å². The van der Waals surface area contributed by atoms with Gasteiger partial charge in [0.25, 0.3) is 5.91 Å². The number of hydrogen-bond donors (Lipinski definition) is 3. The lowest BCUT2D eigenvalue weighted by atomic mass is 10.2. The quantitative estimate of drug-likeness (QED) is 0.513. The molecule has 1 amide bonds. The van der Waals surface area contributed by atoms with Crippen LogP contribution in [0.4, 0.5) is 11.5 Å². The molecule has 2 aliphatic heterocycles. The number of aromatic nitrogens is 1. The summed E-state index contributed by atoms with van der Waals surface area (Å²) in [6, 6.07) is 4.26. The number of hydrogen-bond acceptors (Lipinski definition) is 7. The molecule has 36 heavy (non-hydrogen) atoms. The van der Waals surface area contributed by atoms with E-state index >= 15 is 0 Å². The highest BCUT2D eigenvalue weighted by Crippen LogP contribution is 2.33. The standard InChI is InChI=1S/C27H40N8O/c1-19(2)18-33-11-13-34(14-12-33)23-9-10-25(30-17-23)31-20(3)32-26-21(16-28)15-24(27(36)29-4)35(26)22-7-5-6-8-22/h9-10,15-17,19,22H,3,5-8,11-14,18,28H2,1-2,4H3,(H,29,36)(H,30,31)/b21-16-,32-26+. The molecule has 9 nitrogen and oxygen atoms in total. The zero-order valence-electron chi connectivity index (χ0n) is 21.8. The summed E-state index contributed by atoms with van der Waals surface area (Å²) >= 11 is 0. The van der Waals surface area contributed by atoms with E-state index in [1.165, 1.54) is 6.20 Å². The zero-order valence-corrected chi connectivity index (χ0v) is 21.8. The van der Waals surface area contributed by atoms with Crippen LogP contribution in [-0.2, 0) is 4.79 Å². The molecule has 3 aliphatic rings. The van der Waals surface area contributed by atoms with Crippen molar-refractivity contribution < 1.29 is 4.79 Å². The Hall–Kier alpha value is -3.33. The van der Waals surface area contributed by atoms with Gasteiger partial charge in [-0.05, 0) is 37.0 Å². The summed E-state index contributed by atoms with van der Waals surface area (Å²) in [6.07, 6.45) is 9.51. The van der Waals surface area contributed by atoms with Gasteiger partial charge in [-0.3, -0.25) is 9.69 Å². The van der Waals surface area contributed by atoms with Gasteiger partial charge < -0.3 is 26.2 Å². The highest BCUT2D eigenvalue weighted by atomic mass is 16.2. The van der Waals surface area contributed by atoms with Crippen molar-refractivity contribution in [1.29, 1.82) is 0 Å². The van der Waals surface area contributed by atoms with Crippen LogP contribution in [0.2, 0.25) is 0 Å². The predicted octanol–water partition coefficient (Wildman–Crippen LogP) is 2.87. The van der Waals surface area contributed by atoms with E-state index in [4.69, 9.17) is 10.7 Å². The van der Waals surface area contributed by atoms with E-state index in [1.54, 1.807) is 13.1 Å². The van der Waals surface area contributed by atoms with Crippen LogP contribution in [-0.4, -0.2) is 72.3 Å². The van der Waals surface area contributed by atoms with Gasteiger partial charge >= 0.3 is 0 Å². The number of carbonyl (C=O) groups excluding carboxylic acids is 1. The average molecular weight is 493 g/mol. The molecule has 0 atom stereocenters. The normalized spacial score (nSPS) is 21.5. The van der Waals surface area contributed by atoms with Gasteiger partial charge in [0.1, 0.15) is 23.2 Å². The third-order valence-electron chi connectivity index (χ3n) is 6.99. The van der Waals surface area contributed by atoms with Crippen LogP contribution >= 0.6 is 0 Å². The summed E-state index contributed by atoms with van der Waals surface area (Å²) in [5.41, 5.74) is 8.33. The van der Waals surface area contributed by atoms with E-state index in [1.807, 2.05) is 17.2 Å². The van der Waals surface area contributed by atoms with Gasteiger partial charge in [0.2, 0.25) is 0 Å². The molecule has 9 heteroatoms. The molecule has 0 radical (unpaired) electrons. The fraction of sp³-hybridized carbons (Fsp3) is 0.519. The molecular weight excluding hydrogens is 452 g/mol. The lowest BCUT2D eigenvalue weighted by Crippen LogP contribution is -2.47. The minimum Gasteiger partial charge on any atom is -0.404 e. The maximum Gasteiger partial charge on any atom is 0.267 e. The Morgan fingerprint density at radius 1 is 1.25 bits per heavy atom. The lowest BCUT2D eigenvalue weighted by Gasteiger charge is -2.36. The van der Waals surface area contributed by atoms with Gasteiger partial charge in [-0.25, -0.2) is 9.98 Å². The number of amides is 1. The van der Waals surface area contributed by atoms with Crippen LogP contribution in [0, 0.1) is 5.92 Å². The second-order valence-corrected chi connectivity index (χ2v) is 10.1. The molecule has 0 aromatic carbocycles. The van der Waals surface area contributed by atoms with Crippen molar-refractivity contribution in [3.05, 3.63) is 54.3 Å². The number of nitrogens with zero attached hydrogens (tertiary/aromatic N) is 5. The van der Waals surface area contributed by atoms with Crippen LogP contribution < -0.4 is 21.3 Å². The third-order valence-corrected chi connectivity index (χ3v) is 6.99. The first-order chi connectivity index (χ1) is 17.4. The fourth-order valence-corrected chi connectivity index (χ4v) is 5.27. The van der Waals surface area contributed by atoms with Gasteiger partial charge in [0.15, 0.2) is 0 Å². The van der Waals surface area contributed by atoms with E-state index in [0.29, 0.717) is 34.7 Å². The van der Waals surface area contributed by atoms with E-state index < -0.39 is 0 Å². The number of piperazine rings is 1. The topological polar surface area (TPSA) is 102 Å². The van der Waals surface area contributed by atoms with Crippen molar-refractivity contribution in [1.82, 2.24) is 20.1 Å². The van der Waals surface area contributed by atoms with Crippen LogP contribution in [0.25, 0.3) is 0 Å². The number of pyridine rings is 1. The number of nitrogens with two attached hydrogens (primary N) is 1. The summed E-state index contributed by atoms with van der Waals surface area (Å²) in [7, 11) is 1.64. The van der Waals surface area contributed by atoms with Gasteiger partial charge in [-0.15, -0.1) is 0 Å². The number of rotatable bonds is 8. The van der Waals surface area contributed by atoms with Gasteiger partial charge in [-0.2, -0.15) is 0 Å². The van der Waals surface area contributed by atoms with E-state index in [0.717, 1.165) is 64.1 Å². The highest BCUT2D eigenvalue weighted by molar-refractivity contribution is 6.12. The van der Waals surface area contributed by atoms with Crippen molar-refractivity contribution in [3.63, 3.8) is 0 Å². The third kappa shape index (κ3) is 5.90. The Kier molecular flexibility index (Phi) is 8.30. The minimum atomic E-state index is -0.146. The second kappa shape index (κ2) is 11.6. The smallest absolute Gasteiger partial charge is 0.267 e. The molecule has 0 bridgehead atoms. The Labute approximate surface area is 214 Å². The number of aliphatic imine (C=N–C) groups is 1. The van der Waals surface area contributed by atoms with Gasteiger partial charge in [0.05, 0.1) is 11.9 Å². The largest absolute Gasteiger partial charge is 0.404 e. The summed E-state index contributed by atoms with van der Waals surface area (Å²) in [5.74, 6) is 2.32. The summed E-state index contributed by atoms with van der Waals surface area (Å²) < 4.78 is 0. The molecule has 2 fully saturated rings. The first kappa shape index (κ1) is 25.8. The Morgan fingerprint density at radius 2 is 1.97 bits per heavy atom. The highest BCUT2D eigenvalue weighted by Gasteiger charge is 2.36. The van der Waals surface area contributed by atoms with Crippen molar-refractivity contribution in [2.24, 2.45) is 16.6 Å². The predicted molar refractivity (Wildman–Crippen MR) is 146 cm³/mol. The number of amidine groups is 1. The molecular formula is C27H40N8O. The second-order valence-electron chi connectivity index (χ2n) is 10.1. The maximum atomic E-state index is 12.6. The van der Waals surface area contributed by atoms with E-state index in [2.05, 4.69) is 51.9 Å². The van der Waals surface area contributed by atoms with Crippen molar-refractivity contribution in [2.75, 3.05) is 50.0 Å². The lowest BCUT2D eigenvalue weighted by molar-refractivity contribution is -0.118. The zero-order chi connectivity index (χ0) is 25.7. The Morgan fingerprint density at radius 3 is 2.56 bits per heavy atom. The first-order valence-corrected chi connectivity index (χ1v) is 13.0. The Balaban J connectivity index is 1.43. The van der Waals surface area contributed by atoms with Crippen molar-refractivity contribution in [2.45, 2.75) is 45.6 Å². The Bertz CT molecular complexity index is 1030. The number of carbonyl (C=O) groups is 1. The molecule has 0 unspecified atom stereocenters. The van der Waals surface area contributed by atoms with Gasteiger partial charge in [0, 0.05) is 57.6 Å². The minimum absolute atomic E-state index is 0.146. The molecule has 4 N–H and O–H groups in total. The number of likely N-dealkylation sites (N-methyl/N-ethyl adjacent to an activating group) is 1. The van der Waals surface area contributed by atoms with Crippen molar-refractivity contribution >= 4 is 23.2 Å². The summed E-state index contributed by atoms with van der Waals surface area (Å²) in [4.78, 5) is 28.9. The first-order valence-electron chi connectivity index (χ1n) is 13.0. The molecule has 1 saturated heterocycles. The maximum absolute atomic E-state index is 12.6. The fourth-order valence-electron chi connectivity index (χ4n) is 5.27. The van der Waals surface area contributed by atoms with E-state index in [9.17, 15) is 4.79 Å².